The van der Waals surface area contributed by atoms with Crippen LogP contribution in [0.4, 0.5) is 0 Å². The average molecular weight is 163 g/mol. The topological polar surface area (TPSA) is 54.9 Å². The second kappa shape index (κ2) is 2.55. The van der Waals surface area contributed by atoms with E-state index in [1.807, 2.05) is 6.92 Å². The molecule has 0 aromatic carbocycles. The van der Waals surface area contributed by atoms with Crippen molar-refractivity contribution in [3.63, 3.8) is 0 Å². The number of carbonyl (C=O) groups is 1. The lowest BCUT2D eigenvalue weighted by Gasteiger charge is -1.96. The van der Waals surface area contributed by atoms with Gasteiger partial charge in [-0.25, -0.2) is 4.98 Å². The van der Waals surface area contributed by atoms with E-state index in [1.54, 1.807) is 6.20 Å². The third-order valence-electron chi connectivity index (χ3n) is 1.89. The van der Waals surface area contributed by atoms with Gasteiger partial charge in [0, 0.05) is 6.20 Å². The number of aryl methyl sites for hydroxylation is 1. The molecular formula is C8H9N3O. The van der Waals surface area contributed by atoms with E-state index in [0.29, 0.717) is 12.2 Å². The second-order valence-electron chi connectivity index (χ2n) is 2.69. The molecule has 0 saturated carbocycles. The molecule has 0 spiro atoms. The Morgan fingerprint density at radius 1 is 1.67 bits per heavy atom. The molecule has 12 heavy (non-hydrogen) atoms. The zero-order valence-electron chi connectivity index (χ0n) is 6.79. The molecule has 0 atom stereocenters. The van der Waals surface area contributed by atoms with Crippen molar-refractivity contribution in [3.8, 4) is 0 Å². The highest BCUT2D eigenvalue weighted by Gasteiger charge is 2.21. The Bertz CT molecular complexity index is 335. The van der Waals surface area contributed by atoms with Gasteiger partial charge < -0.3 is 5.32 Å². The summed E-state index contributed by atoms with van der Waals surface area (Å²) in [6.45, 7) is 2.51. The lowest BCUT2D eigenvalue weighted by Crippen LogP contribution is -2.13. The minimum Gasteiger partial charge on any atom is -0.345 e. The first-order valence-electron chi connectivity index (χ1n) is 3.94. The maximum atomic E-state index is 11.1. The van der Waals surface area contributed by atoms with Crippen LogP contribution in [0.15, 0.2) is 6.20 Å². The van der Waals surface area contributed by atoms with Crippen LogP contribution in [-0.2, 0) is 13.0 Å². The Kier molecular flexibility index (Phi) is 1.53. The van der Waals surface area contributed by atoms with E-state index in [0.717, 1.165) is 17.8 Å². The number of nitrogens with one attached hydrogen (secondary N) is 1. The van der Waals surface area contributed by atoms with Crippen molar-refractivity contribution in [2.24, 2.45) is 0 Å². The predicted molar refractivity (Wildman–Crippen MR) is 42.6 cm³/mol. The summed E-state index contributed by atoms with van der Waals surface area (Å²) in [5, 5.41) is 2.67. The third kappa shape index (κ3) is 0.958. The maximum Gasteiger partial charge on any atom is 0.272 e. The quantitative estimate of drug-likeness (QED) is 0.647. The van der Waals surface area contributed by atoms with Gasteiger partial charge >= 0.3 is 0 Å². The summed E-state index contributed by atoms with van der Waals surface area (Å²) in [5.41, 5.74) is 2.12. The van der Waals surface area contributed by atoms with Gasteiger partial charge in [0.15, 0.2) is 5.69 Å². The van der Waals surface area contributed by atoms with E-state index in [9.17, 15) is 4.79 Å². The molecule has 1 N–H and O–H groups in total. The van der Waals surface area contributed by atoms with Gasteiger partial charge in [-0.15, -0.1) is 0 Å². The van der Waals surface area contributed by atoms with E-state index < -0.39 is 0 Å². The number of nitrogens with zero attached hydrogens (tertiary/aromatic N) is 2. The summed E-state index contributed by atoms with van der Waals surface area (Å²) in [5.74, 6) is -0.104. The van der Waals surface area contributed by atoms with Crippen LogP contribution in [-0.4, -0.2) is 15.9 Å². The van der Waals surface area contributed by atoms with Gasteiger partial charge in [-0.1, -0.05) is 6.92 Å². The zero-order valence-corrected chi connectivity index (χ0v) is 6.79. The summed E-state index contributed by atoms with van der Waals surface area (Å²) in [6.07, 6.45) is 2.53. The normalized spacial score (nSPS) is 14.2. The molecule has 1 aliphatic rings. The number of hydrogen-bond donors (Lipinski definition) is 1. The number of amides is 1. The summed E-state index contributed by atoms with van der Waals surface area (Å²) < 4.78 is 0. The van der Waals surface area contributed by atoms with Crippen LogP contribution in [0.3, 0.4) is 0 Å². The van der Waals surface area contributed by atoms with Crippen molar-refractivity contribution in [1.82, 2.24) is 15.3 Å². The minimum atomic E-state index is -0.104. The first-order chi connectivity index (χ1) is 5.81. The van der Waals surface area contributed by atoms with E-state index in [-0.39, 0.29) is 5.91 Å². The molecule has 0 fully saturated rings. The van der Waals surface area contributed by atoms with Crippen LogP contribution in [0.5, 0.6) is 0 Å². The average Bonchev–Trinajstić information content (AvgIpc) is 2.47. The van der Waals surface area contributed by atoms with Gasteiger partial charge in [-0.05, 0) is 6.42 Å². The van der Waals surface area contributed by atoms with E-state index in [1.165, 1.54) is 0 Å². The van der Waals surface area contributed by atoms with Gasteiger partial charge in [0.2, 0.25) is 0 Å². The zero-order chi connectivity index (χ0) is 8.55. The molecular weight excluding hydrogens is 154 g/mol. The lowest BCUT2D eigenvalue weighted by molar-refractivity contribution is 0.0961. The molecule has 4 nitrogen and oxygen atoms in total. The first-order valence-corrected chi connectivity index (χ1v) is 3.94. The van der Waals surface area contributed by atoms with E-state index in [4.69, 9.17) is 0 Å². The van der Waals surface area contributed by atoms with Crippen LogP contribution in [0.2, 0.25) is 0 Å². The summed E-state index contributed by atoms with van der Waals surface area (Å²) >= 11 is 0. The van der Waals surface area contributed by atoms with Crippen LogP contribution in [0.1, 0.15) is 28.8 Å². The minimum absolute atomic E-state index is 0.104. The molecule has 2 rings (SSSR count). The highest BCUT2D eigenvalue weighted by molar-refractivity contribution is 5.95. The molecule has 0 unspecified atom stereocenters. The molecule has 1 amide bonds. The van der Waals surface area contributed by atoms with Crippen molar-refractivity contribution in [3.05, 3.63) is 23.3 Å². The number of aromatic nitrogens is 2. The van der Waals surface area contributed by atoms with Gasteiger partial charge in [0.05, 0.1) is 17.9 Å². The number of carbonyl (C=O) groups excluding carboxylic acids is 1. The van der Waals surface area contributed by atoms with Crippen molar-refractivity contribution in [2.45, 2.75) is 19.9 Å². The van der Waals surface area contributed by atoms with Gasteiger partial charge in [0.25, 0.3) is 5.91 Å². The van der Waals surface area contributed by atoms with Crippen molar-refractivity contribution >= 4 is 5.91 Å². The molecule has 62 valence electrons. The van der Waals surface area contributed by atoms with Gasteiger partial charge in [-0.2, -0.15) is 0 Å². The van der Waals surface area contributed by atoms with Crippen LogP contribution in [0.25, 0.3) is 0 Å². The van der Waals surface area contributed by atoms with E-state index in [2.05, 4.69) is 15.3 Å². The molecule has 0 saturated heterocycles. The monoisotopic (exact) mass is 163 g/mol. The third-order valence-corrected chi connectivity index (χ3v) is 1.89. The van der Waals surface area contributed by atoms with Crippen molar-refractivity contribution in [1.29, 1.82) is 0 Å². The molecule has 0 bridgehead atoms. The fraction of sp³-hybridized carbons (Fsp3) is 0.375. The second-order valence-corrected chi connectivity index (χ2v) is 2.69. The highest BCUT2D eigenvalue weighted by Crippen LogP contribution is 2.10. The molecule has 1 aromatic rings. The summed E-state index contributed by atoms with van der Waals surface area (Å²) in [4.78, 5) is 19.4. The number of rotatable bonds is 1. The Morgan fingerprint density at radius 2 is 2.50 bits per heavy atom. The Hall–Kier alpha value is -1.45. The molecule has 1 aliphatic heterocycles. The molecule has 1 aromatic heterocycles. The largest absolute Gasteiger partial charge is 0.345 e. The lowest BCUT2D eigenvalue weighted by atomic mass is 10.3. The summed E-state index contributed by atoms with van der Waals surface area (Å²) in [6, 6.07) is 0. The fourth-order valence-electron chi connectivity index (χ4n) is 1.18. The number of hydrogen-bond acceptors (Lipinski definition) is 3. The van der Waals surface area contributed by atoms with Gasteiger partial charge in [0.1, 0.15) is 0 Å². The Morgan fingerprint density at radius 3 is 3.25 bits per heavy atom. The van der Waals surface area contributed by atoms with Crippen LogP contribution < -0.4 is 5.32 Å². The van der Waals surface area contributed by atoms with Crippen molar-refractivity contribution < 1.29 is 4.79 Å². The first kappa shape index (κ1) is 7.21. The fourth-order valence-corrected chi connectivity index (χ4v) is 1.18. The molecule has 0 radical (unpaired) electrons. The van der Waals surface area contributed by atoms with E-state index >= 15 is 0 Å². The standard InChI is InChI=1S/C8H9N3O/c1-2-5-3-9-6-4-10-8(12)7(6)11-5/h3H,2,4H2,1H3,(H,10,12). The molecule has 2 heterocycles. The van der Waals surface area contributed by atoms with Gasteiger partial charge in [-0.3, -0.25) is 9.78 Å². The number of fused-ring (bicyclic) bond motifs is 1. The van der Waals surface area contributed by atoms with Crippen LogP contribution >= 0.6 is 0 Å². The molecule has 4 heteroatoms. The smallest absolute Gasteiger partial charge is 0.272 e. The Balaban J connectivity index is 2.50. The predicted octanol–water partition coefficient (Wildman–Crippen LogP) is 0.282. The van der Waals surface area contributed by atoms with Crippen LogP contribution in [0, 0.1) is 0 Å². The van der Waals surface area contributed by atoms with Crippen molar-refractivity contribution in [2.75, 3.05) is 0 Å². The maximum absolute atomic E-state index is 11.1. The molecule has 0 aliphatic carbocycles. The summed E-state index contributed by atoms with van der Waals surface area (Å²) in [7, 11) is 0. The Labute approximate surface area is 70.0 Å². The SMILES string of the molecule is CCc1cnc2c(n1)C(=O)NC2. The highest BCUT2D eigenvalue weighted by atomic mass is 16.2.